The maximum Gasteiger partial charge on any atom is 0.0703 e. The summed E-state index contributed by atoms with van der Waals surface area (Å²) in [5.74, 6) is 0. The van der Waals surface area contributed by atoms with Gasteiger partial charge in [0.05, 0.1) is 38.1 Å². The van der Waals surface area contributed by atoms with Crippen molar-refractivity contribution >= 4 is 16.6 Å². The van der Waals surface area contributed by atoms with Crippen LogP contribution in [-0.2, 0) is 16.0 Å². The number of aromatic nitrogens is 2. The number of ether oxygens (including phenoxy) is 2. The maximum atomic E-state index is 5.76. The van der Waals surface area contributed by atoms with Crippen molar-refractivity contribution in [1.82, 2.24) is 9.78 Å². The van der Waals surface area contributed by atoms with Gasteiger partial charge in [-0.3, -0.25) is 4.68 Å². The number of hydrogen-bond acceptors (Lipinski definition) is 4. The van der Waals surface area contributed by atoms with E-state index >= 15 is 0 Å². The summed E-state index contributed by atoms with van der Waals surface area (Å²) in [5.41, 5.74) is 7.55. The molecule has 1 aromatic heterocycles. The summed E-state index contributed by atoms with van der Waals surface area (Å²) in [7, 11) is 1.66. The number of rotatable bonds is 6. The van der Waals surface area contributed by atoms with Crippen molar-refractivity contribution in [3.05, 3.63) is 24.4 Å². The maximum absolute atomic E-state index is 5.76. The first-order valence-electron chi connectivity index (χ1n) is 5.59. The van der Waals surface area contributed by atoms with Crippen molar-refractivity contribution in [1.29, 1.82) is 0 Å². The molecule has 0 aliphatic rings. The van der Waals surface area contributed by atoms with E-state index in [1.165, 1.54) is 0 Å². The second-order valence-electron chi connectivity index (χ2n) is 3.79. The molecule has 0 saturated carbocycles. The Bertz CT molecular complexity index is 482. The predicted octanol–water partition coefficient (Wildman–Crippen LogP) is 1.28. The van der Waals surface area contributed by atoms with Crippen LogP contribution in [0.2, 0.25) is 0 Å². The zero-order valence-corrected chi connectivity index (χ0v) is 9.93. The fourth-order valence-electron chi connectivity index (χ4n) is 1.66. The Kier molecular flexibility index (Phi) is 3.95. The molecule has 0 saturated heterocycles. The third kappa shape index (κ3) is 2.95. The second-order valence-corrected chi connectivity index (χ2v) is 3.79. The van der Waals surface area contributed by atoms with Crippen LogP contribution < -0.4 is 5.73 Å². The average molecular weight is 235 g/mol. The van der Waals surface area contributed by atoms with Gasteiger partial charge >= 0.3 is 0 Å². The van der Waals surface area contributed by atoms with Gasteiger partial charge in [-0.1, -0.05) is 0 Å². The Morgan fingerprint density at radius 2 is 2.18 bits per heavy atom. The van der Waals surface area contributed by atoms with Gasteiger partial charge < -0.3 is 15.2 Å². The Morgan fingerprint density at radius 1 is 1.29 bits per heavy atom. The van der Waals surface area contributed by atoms with Crippen molar-refractivity contribution in [2.24, 2.45) is 0 Å². The van der Waals surface area contributed by atoms with E-state index in [2.05, 4.69) is 5.10 Å². The number of anilines is 1. The fourth-order valence-corrected chi connectivity index (χ4v) is 1.66. The molecule has 2 rings (SSSR count). The highest BCUT2D eigenvalue weighted by molar-refractivity contribution is 5.81. The molecule has 0 spiro atoms. The molecular weight excluding hydrogens is 218 g/mol. The van der Waals surface area contributed by atoms with E-state index in [4.69, 9.17) is 15.2 Å². The topological polar surface area (TPSA) is 62.3 Å². The van der Waals surface area contributed by atoms with Gasteiger partial charge in [0, 0.05) is 18.2 Å². The lowest BCUT2D eigenvalue weighted by molar-refractivity contribution is 0.0658. The minimum Gasteiger partial charge on any atom is -0.399 e. The molecule has 0 unspecified atom stereocenters. The predicted molar refractivity (Wildman–Crippen MR) is 66.8 cm³/mol. The quantitative estimate of drug-likeness (QED) is 0.605. The number of nitrogen functional groups attached to an aromatic ring is 1. The van der Waals surface area contributed by atoms with E-state index < -0.39 is 0 Å². The molecule has 2 aromatic rings. The molecule has 0 radical (unpaired) electrons. The van der Waals surface area contributed by atoms with Gasteiger partial charge in [-0.2, -0.15) is 5.10 Å². The van der Waals surface area contributed by atoms with Crippen LogP contribution in [0.1, 0.15) is 0 Å². The van der Waals surface area contributed by atoms with Crippen LogP contribution in [0.3, 0.4) is 0 Å². The lowest BCUT2D eigenvalue weighted by Gasteiger charge is -2.05. The van der Waals surface area contributed by atoms with Crippen LogP contribution in [0.25, 0.3) is 10.9 Å². The summed E-state index contributed by atoms with van der Waals surface area (Å²) < 4.78 is 12.2. The number of hydrogen-bond donors (Lipinski definition) is 1. The number of nitrogens with two attached hydrogens (primary N) is 1. The Labute approximate surface area is 100 Å². The summed E-state index contributed by atoms with van der Waals surface area (Å²) in [6.45, 7) is 2.57. The third-order valence-corrected chi connectivity index (χ3v) is 2.55. The van der Waals surface area contributed by atoms with Gasteiger partial charge in [0.1, 0.15) is 0 Å². The highest BCUT2D eigenvalue weighted by atomic mass is 16.5. The van der Waals surface area contributed by atoms with Crippen molar-refractivity contribution < 1.29 is 9.47 Å². The number of benzene rings is 1. The molecule has 1 heterocycles. The minimum atomic E-state index is 0.609. The lowest BCUT2D eigenvalue weighted by atomic mass is 10.2. The largest absolute Gasteiger partial charge is 0.399 e. The number of methoxy groups -OCH3 is 1. The number of fused-ring (bicyclic) bond motifs is 1. The van der Waals surface area contributed by atoms with E-state index in [-0.39, 0.29) is 0 Å². The number of nitrogens with zero attached hydrogens (tertiary/aromatic N) is 2. The fraction of sp³-hybridized carbons (Fsp3) is 0.417. The van der Waals surface area contributed by atoms with Gasteiger partial charge in [-0.15, -0.1) is 0 Å². The lowest BCUT2D eigenvalue weighted by Crippen LogP contribution is -2.10. The highest BCUT2D eigenvalue weighted by Crippen LogP contribution is 2.16. The first kappa shape index (κ1) is 11.9. The smallest absolute Gasteiger partial charge is 0.0703 e. The Balaban J connectivity index is 1.96. The first-order chi connectivity index (χ1) is 8.31. The van der Waals surface area contributed by atoms with E-state index in [0.29, 0.717) is 19.8 Å². The van der Waals surface area contributed by atoms with Crippen LogP contribution in [0, 0.1) is 0 Å². The zero-order valence-electron chi connectivity index (χ0n) is 9.93. The molecule has 0 atom stereocenters. The standard InChI is InChI=1S/C12H17N3O2/c1-16-6-7-17-5-4-15-12-8-11(13)3-2-10(12)9-14-15/h2-3,8-9H,4-7,13H2,1H3. The van der Waals surface area contributed by atoms with Gasteiger partial charge in [-0.05, 0) is 18.2 Å². The van der Waals surface area contributed by atoms with Crippen molar-refractivity contribution in [3.8, 4) is 0 Å². The average Bonchev–Trinajstić information content (AvgIpc) is 2.72. The van der Waals surface area contributed by atoms with E-state index in [0.717, 1.165) is 23.1 Å². The monoisotopic (exact) mass is 235 g/mol. The van der Waals surface area contributed by atoms with Crippen molar-refractivity contribution in [2.75, 3.05) is 32.7 Å². The van der Waals surface area contributed by atoms with Crippen LogP contribution in [0.15, 0.2) is 24.4 Å². The van der Waals surface area contributed by atoms with Crippen molar-refractivity contribution in [3.63, 3.8) is 0 Å². The molecule has 17 heavy (non-hydrogen) atoms. The summed E-state index contributed by atoms with van der Waals surface area (Å²) in [5, 5.41) is 5.40. The van der Waals surface area contributed by atoms with E-state index in [9.17, 15) is 0 Å². The van der Waals surface area contributed by atoms with Gasteiger partial charge in [-0.25, -0.2) is 0 Å². The minimum absolute atomic E-state index is 0.609. The van der Waals surface area contributed by atoms with Gasteiger partial charge in [0.25, 0.3) is 0 Å². The van der Waals surface area contributed by atoms with Gasteiger partial charge in [0.15, 0.2) is 0 Å². The Morgan fingerprint density at radius 3 is 3.00 bits per heavy atom. The van der Waals surface area contributed by atoms with Gasteiger partial charge in [0.2, 0.25) is 0 Å². The molecular formula is C12H17N3O2. The molecule has 92 valence electrons. The van der Waals surface area contributed by atoms with Crippen molar-refractivity contribution in [2.45, 2.75) is 6.54 Å². The van der Waals surface area contributed by atoms with E-state index in [1.54, 1.807) is 7.11 Å². The Hall–Kier alpha value is -1.59. The first-order valence-corrected chi connectivity index (χ1v) is 5.59. The normalized spacial score (nSPS) is 11.1. The molecule has 0 aliphatic heterocycles. The molecule has 2 N–H and O–H groups in total. The molecule has 5 nitrogen and oxygen atoms in total. The molecule has 0 aliphatic carbocycles. The molecule has 0 amide bonds. The summed E-state index contributed by atoms with van der Waals surface area (Å²) in [4.78, 5) is 0. The molecule has 1 aromatic carbocycles. The third-order valence-electron chi connectivity index (χ3n) is 2.55. The van der Waals surface area contributed by atoms with E-state index in [1.807, 2.05) is 29.1 Å². The summed E-state index contributed by atoms with van der Waals surface area (Å²) in [6, 6.07) is 5.78. The highest BCUT2D eigenvalue weighted by Gasteiger charge is 2.02. The summed E-state index contributed by atoms with van der Waals surface area (Å²) >= 11 is 0. The zero-order chi connectivity index (χ0) is 12.1. The van der Waals surface area contributed by atoms with Crippen LogP contribution in [0.4, 0.5) is 5.69 Å². The van der Waals surface area contributed by atoms with Crippen LogP contribution in [-0.4, -0.2) is 36.7 Å². The molecule has 5 heteroatoms. The van der Waals surface area contributed by atoms with Crippen LogP contribution >= 0.6 is 0 Å². The SMILES string of the molecule is COCCOCCn1ncc2ccc(N)cc21. The van der Waals surface area contributed by atoms with Crippen LogP contribution in [0.5, 0.6) is 0 Å². The molecule has 0 bridgehead atoms. The summed E-state index contributed by atoms with van der Waals surface area (Å²) in [6.07, 6.45) is 1.84. The second kappa shape index (κ2) is 5.65. The molecule has 0 fully saturated rings.